The molecule has 0 atom stereocenters. The second-order valence-corrected chi connectivity index (χ2v) is 8.10. The lowest BCUT2D eigenvalue weighted by Crippen LogP contribution is -2.22. The van der Waals surface area contributed by atoms with Crippen LogP contribution in [0.15, 0.2) is 10.5 Å². The molecular formula is C16H24BrCl. The van der Waals surface area contributed by atoms with E-state index in [0.717, 1.165) is 0 Å². The minimum Gasteiger partial charge on any atom is -0.122 e. The van der Waals surface area contributed by atoms with Crippen molar-refractivity contribution in [2.75, 3.05) is 0 Å². The molecule has 0 unspecified atom stereocenters. The Kier molecular flexibility index (Phi) is 4.61. The lowest BCUT2D eigenvalue weighted by Gasteiger charge is -2.31. The summed E-state index contributed by atoms with van der Waals surface area (Å²) >= 11 is 10.0. The molecule has 0 fully saturated rings. The first kappa shape index (κ1) is 16.0. The molecular weight excluding hydrogens is 308 g/mol. The third kappa shape index (κ3) is 3.11. The number of hydrogen-bond donors (Lipinski definition) is 0. The molecule has 0 aliphatic rings. The Balaban J connectivity index is 3.74. The van der Waals surface area contributed by atoms with Gasteiger partial charge in [0.15, 0.2) is 0 Å². The lowest BCUT2D eigenvalue weighted by molar-refractivity contribution is 0.556. The molecule has 0 amide bonds. The summed E-state index contributed by atoms with van der Waals surface area (Å²) in [6.07, 6.45) is 0. The molecule has 2 heteroatoms. The maximum atomic E-state index is 6.25. The van der Waals surface area contributed by atoms with Crippen LogP contribution in [0.4, 0.5) is 0 Å². The molecule has 0 saturated carbocycles. The standard InChI is InChI=1S/C16H24BrCl/c1-10-8-12(15(2,3)4)11(9-18)13(14(10)17)16(5,6)7/h8H,9H2,1-7H3. The Labute approximate surface area is 125 Å². The third-order valence-corrected chi connectivity index (χ3v) is 4.53. The number of benzene rings is 1. The van der Waals surface area contributed by atoms with Crippen LogP contribution in [0.25, 0.3) is 0 Å². The lowest BCUT2D eigenvalue weighted by atomic mass is 9.76. The van der Waals surface area contributed by atoms with E-state index in [2.05, 4.69) is 70.5 Å². The van der Waals surface area contributed by atoms with E-state index in [1.165, 1.54) is 26.7 Å². The summed E-state index contributed by atoms with van der Waals surface area (Å²) in [5.74, 6) is 0.568. The van der Waals surface area contributed by atoms with E-state index in [4.69, 9.17) is 11.6 Å². The van der Waals surface area contributed by atoms with Gasteiger partial charge in [-0.15, -0.1) is 11.6 Å². The predicted octanol–water partition coefficient (Wildman–Crippen LogP) is 6.09. The fourth-order valence-electron chi connectivity index (χ4n) is 2.42. The van der Waals surface area contributed by atoms with Crippen molar-refractivity contribution >= 4 is 27.5 Å². The molecule has 0 bridgehead atoms. The summed E-state index contributed by atoms with van der Waals surface area (Å²) in [6, 6.07) is 2.27. The molecule has 18 heavy (non-hydrogen) atoms. The summed E-state index contributed by atoms with van der Waals surface area (Å²) in [5, 5.41) is 0. The number of rotatable bonds is 1. The summed E-state index contributed by atoms with van der Waals surface area (Å²) in [7, 11) is 0. The van der Waals surface area contributed by atoms with Crippen LogP contribution in [0.3, 0.4) is 0 Å². The fourth-order valence-corrected chi connectivity index (χ4v) is 3.65. The first-order valence-corrected chi connectivity index (χ1v) is 7.71. The highest BCUT2D eigenvalue weighted by molar-refractivity contribution is 9.10. The second-order valence-electron chi connectivity index (χ2n) is 7.04. The summed E-state index contributed by atoms with van der Waals surface area (Å²) in [6.45, 7) is 15.6. The molecule has 1 rings (SSSR count). The normalized spacial score (nSPS) is 12.9. The summed E-state index contributed by atoms with van der Waals surface area (Å²) in [5.41, 5.74) is 5.50. The smallest absolute Gasteiger partial charge is 0.0480 e. The van der Waals surface area contributed by atoms with Gasteiger partial charge in [0.05, 0.1) is 0 Å². The van der Waals surface area contributed by atoms with Gasteiger partial charge < -0.3 is 0 Å². The predicted molar refractivity (Wildman–Crippen MR) is 85.8 cm³/mol. The number of aryl methyl sites for hydroxylation is 1. The highest BCUT2D eigenvalue weighted by Crippen LogP contribution is 2.41. The number of hydrogen-bond acceptors (Lipinski definition) is 0. The van der Waals surface area contributed by atoms with Crippen LogP contribution in [0, 0.1) is 6.92 Å². The van der Waals surface area contributed by atoms with Gasteiger partial charge in [0.1, 0.15) is 0 Å². The van der Waals surface area contributed by atoms with Crippen LogP contribution >= 0.6 is 27.5 Å². The maximum Gasteiger partial charge on any atom is 0.0480 e. The zero-order valence-corrected chi connectivity index (χ0v) is 14.9. The van der Waals surface area contributed by atoms with Gasteiger partial charge in [0.2, 0.25) is 0 Å². The average Bonchev–Trinajstić information content (AvgIpc) is 2.17. The SMILES string of the molecule is Cc1cc(C(C)(C)C)c(CCl)c(C(C)(C)C)c1Br. The van der Waals surface area contributed by atoms with E-state index in [9.17, 15) is 0 Å². The number of halogens is 2. The molecule has 0 spiro atoms. The maximum absolute atomic E-state index is 6.25. The fraction of sp³-hybridized carbons (Fsp3) is 0.625. The van der Waals surface area contributed by atoms with Crippen molar-refractivity contribution in [3.8, 4) is 0 Å². The first-order chi connectivity index (χ1) is 8.00. The Morgan fingerprint density at radius 2 is 1.56 bits per heavy atom. The Morgan fingerprint density at radius 3 is 1.89 bits per heavy atom. The zero-order valence-electron chi connectivity index (χ0n) is 12.5. The van der Waals surface area contributed by atoms with E-state index in [1.54, 1.807) is 0 Å². The van der Waals surface area contributed by atoms with Gasteiger partial charge in [0.25, 0.3) is 0 Å². The molecule has 0 aromatic heterocycles. The molecule has 0 saturated heterocycles. The van der Waals surface area contributed by atoms with Crippen LogP contribution in [0.1, 0.15) is 63.8 Å². The van der Waals surface area contributed by atoms with Gasteiger partial charge in [-0.1, -0.05) is 63.5 Å². The largest absolute Gasteiger partial charge is 0.122 e. The van der Waals surface area contributed by atoms with E-state index < -0.39 is 0 Å². The highest BCUT2D eigenvalue weighted by Gasteiger charge is 2.28. The molecule has 102 valence electrons. The quantitative estimate of drug-likeness (QED) is 0.546. The second kappa shape index (κ2) is 5.17. The van der Waals surface area contributed by atoms with Gasteiger partial charge in [-0.3, -0.25) is 0 Å². The van der Waals surface area contributed by atoms with Crippen molar-refractivity contribution in [2.45, 2.75) is 65.2 Å². The van der Waals surface area contributed by atoms with Crippen LogP contribution in [0.2, 0.25) is 0 Å². The molecule has 0 nitrogen and oxygen atoms in total. The minimum atomic E-state index is 0.0923. The summed E-state index contributed by atoms with van der Waals surface area (Å²) < 4.78 is 1.21. The Bertz CT molecular complexity index is 448. The van der Waals surface area contributed by atoms with Gasteiger partial charge in [-0.25, -0.2) is 0 Å². The highest BCUT2D eigenvalue weighted by atomic mass is 79.9. The van der Waals surface area contributed by atoms with E-state index in [0.29, 0.717) is 5.88 Å². The first-order valence-electron chi connectivity index (χ1n) is 6.39. The van der Waals surface area contributed by atoms with Gasteiger partial charge in [-0.05, 0) is 40.0 Å². The van der Waals surface area contributed by atoms with Crippen LogP contribution in [0.5, 0.6) is 0 Å². The molecule has 0 heterocycles. The molecule has 0 radical (unpaired) electrons. The molecule has 0 N–H and O–H groups in total. The Morgan fingerprint density at radius 1 is 1.06 bits per heavy atom. The number of alkyl halides is 1. The molecule has 1 aromatic rings. The Hall–Kier alpha value is -0.0100. The van der Waals surface area contributed by atoms with Crippen LogP contribution in [-0.2, 0) is 16.7 Å². The molecule has 0 aliphatic heterocycles. The molecule has 0 aliphatic carbocycles. The van der Waals surface area contributed by atoms with Gasteiger partial charge >= 0.3 is 0 Å². The van der Waals surface area contributed by atoms with Crippen molar-refractivity contribution in [1.29, 1.82) is 0 Å². The average molecular weight is 332 g/mol. The van der Waals surface area contributed by atoms with Crippen molar-refractivity contribution in [1.82, 2.24) is 0 Å². The molecule has 1 aromatic carbocycles. The topological polar surface area (TPSA) is 0 Å². The van der Waals surface area contributed by atoms with Crippen molar-refractivity contribution < 1.29 is 0 Å². The van der Waals surface area contributed by atoms with Crippen molar-refractivity contribution in [3.05, 3.63) is 32.8 Å². The third-order valence-electron chi connectivity index (χ3n) is 3.25. The van der Waals surface area contributed by atoms with Gasteiger partial charge in [0, 0.05) is 10.4 Å². The van der Waals surface area contributed by atoms with Crippen LogP contribution in [-0.4, -0.2) is 0 Å². The monoisotopic (exact) mass is 330 g/mol. The van der Waals surface area contributed by atoms with Crippen molar-refractivity contribution in [2.24, 2.45) is 0 Å². The van der Waals surface area contributed by atoms with E-state index in [1.807, 2.05) is 0 Å². The summed E-state index contributed by atoms with van der Waals surface area (Å²) in [4.78, 5) is 0. The van der Waals surface area contributed by atoms with E-state index in [-0.39, 0.29) is 10.8 Å². The van der Waals surface area contributed by atoms with E-state index >= 15 is 0 Å². The zero-order chi connectivity index (χ0) is 14.3. The van der Waals surface area contributed by atoms with Gasteiger partial charge in [-0.2, -0.15) is 0 Å². The van der Waals surface area contributed by atoms with Crippen LogP contribution < -0.4 is 0 Å². The minimum absolute atomic E-state index is 0.0923. The van der Waals surface area contributed by atoms with Crippen molar-refractivity contribution in [3.63, 3.8) is 0 Å².